The molecule has 2 aromatic carbocycles. The molecule has 0 radical (unpaired) electrons. The van der Waals surface area contributed by atoms with E-state index in [0.29, 0.717) is 25.4 Å². The minimum atomic E-state index is -4.03. The molecule has 0 aromatic heterocycles. The third kappa shape index (κ3) is 6.14. The highest BCUT2D eigenvalue weighted by atomic mass is 32.2. The van der Waals surface area contributed by atoms with E-state index in [1.807, 2.05) is 18.2 Å². The topological polar surface area (TPSA) is 105 Å². The summed E-state index contributed by atoms with van der Waals surface area (Å²) in [4.78, 5) is 14.8. The molecule has 37 heavy (non-hydrogen) atoms. The lowest BCUT2D eigenvalue weighted by molar-refractivity contribution is -0.133. The first kappa shape index (κ1) is 27.5. The summed E-state index contributed by atoms with van der Waals surface area (Å²) < 4.78 is 37.2. The van der Waals surface area contributed by atoms with E-state index >= 15 is 0 Å². The second-order valence-electron chi connectivity index (χ2n) is 9.24. The molecule has 1 saturated heterocycles. The first-order chi connectivity index (χ1) is 17.9. The van der Waals surface area contributed by atoms with Crippen molar-refractivity contribution in [2.45, 2.75) is 48.7 Å². The summed E-state index contributed by atoms with van der Waals surface area (Å²) in [5, 5.41) is 10.2. The molecule has 0 unspecified atom stereocenters. The molecule has 4 rings (SSSR count). The van der Waals surface area contributed by atoms with Crippen LogP contribution in [-0.4, -0.2) is 61.2 Å². The number of nitrogens with zero attached hydrogens (tertiary/aromatic N) is 1. The van der Waals surface area contributed by atoms with Crippen LogP contribution in [0.2, 0.25) is 0 Å². The van der Waals surface area contributed by atoms with Crippen LogP contribution in [0.4, 0.5) is 0 Å². The Kier molecular flexibility index (Phi) is 9.17. The van der Waals surface area contributed by atoms with Crippen molar-refractivity contribution in [2.75, 3.05) is 32.0 Å². The van der Waals surface area contributed by atoms with Gasteiger partial charge >= 0.3 is 0 Å². The predicted octanol–water partition coefficient (Wildman–Crippen LogP) is 4.19. The van der Waals surface area contributed by atoms with Gasteiger partial charge in [0.15, 0.2) is 19.7 Å². The third-order valence-corrected chi connectivity index (χ3v) is 10.4. The number of rotatable bonds is 11. The van der Waals surface area contributed by atoms with Crippen LogP contribution < -0.4 is 15.0 Å². The zero-order chi connectivity index (χ0) is 26.3. The molecular weight excluding hydrogens is 512 g/mol. The summed E-state index contributed by atoms with van der Waals surface area (Å²) >= 11 is 1.64. The van der Waals surface area contributed by atoms with Crippen LogP contribution in [0.15, 0.2) is 64.6 Å². The van der Waals surface area contributed by atoms with Gasteiger partial charge in [0, 0.05) is 18.8 Å². The number of hydrogen-bond acceptors (Lipinski definition) is 8. The molecule has 10 heteroatoms. The molecule has 0 bridgehead atoms. The number of likely N-dealkylation sites (tertiary alicyclic amines) is 1. The number of sulfone groups is 1. The SMILES string of the molecule is CCCN1CCC(C(=O)NO)(S(=O)(=O)c2ccc(OCCCSC3=CCc4ccccc4O3)cc2)CC1. The van der Waals surface area contributed by atoms with E-state index in [1.165, 1.54) is 17.7 Å². The smallest absolute Gasteiger partial charge is 0.265 e. The van der Waals surface area contributed by atoms with E-state index in [9.17, 15) is 18.4 Å². The van der Waals surface area contributed by atoms with Crippen LogP contribution in [0, 0.1) is 0 Å². The van der Waals surface area contributed by atoms with Crippen molar-refractivity contribution in [1.29, 1.82) is 0 Å². The first-order valence-corrected chi connectivity index (χ1v) is 15.1. The monoisotopic (exact) mass is 546 g/mol. The molecule has 2 heterocycles. The van der Waals surface area contributed by atoms with Gasteiger partial charge < -0.3 is 14.4 Å². The molecule has 2 aliphatic rings. The highest BCUT2D eigenvalue weighted by Crippen LogP contribution is 2.36. The Morgan fingerprint density at radius 3 is 2.59 bits per heavy atom. The minimum absolute atomic E-state index is 0.0459. The number of allylic oxidation sites excluding steroid dienone is 1. The normalized spacial score (nSPS) is 17.3. The number of para-hydroxylation sites is 1. The fraction of sp³-hybridized carbons (Fsp3) is 0.444. The number of amides is 1. The van der Waals surface area contributed by atoms with Crippen molar-refractivity contribution < 1.29 is 27.9 Å². The molecule has 2 N–H and O–H groups in total. The molecule has 0 atom stereocenters. The quantitative estimate of drug-likeness (QED) is 0.246. The second-order valence-corrected chi connectivity index (χ2v) is 12.6. The second kappa shape index (κ2) is 12.3. The van der Waals surface area contributed by atoms with Gasteiger partial charge in [-0.3, -0.25) is 10.0 Å². The van der Waals surface area contributed by atoms with E-state index in [-0.39, 0.29) is 17.7 Å². The maximum absolute atomic E-state index is 13.6. The molecule has 1 amide bonds. The molecule has 0 saturated carbocycles. The molecular formula is C27H34N2O6S2. The molecule has 0 spiro atoms. The summed E-state index contributed by atoms with van der Waals surface area (Å²) in [5.41, 5.74) is 2.79. The van der Waals surface area contributed by atoms with E-state index in [0.717, 1.165) is 42.4 Å². The Labute approximate surface area is 222 Å². The number of carbonyl (C=O) groups is 1. The van der Waals surface area contributed by atoms with E-state index in [4.69, 9.17) is 9.47 Å². The molecule has 1 fully saturated rings. The van der Waals surface area contributed by atoms with Crippen LogP contribution >= 0.6 is 11.8 Å². The third-order valence-electron chi connectivity index (χ3n) is 6.84. The fourth-order valence-electron chi connectivity index (χ4n) is 4.74. The van der Waals surface area contributed by atoms with Gasteiger partial charge in [-0.25, -0.2) is 13.9 Å². The number of carbonyl (C=O) groups excluding carboxylic acids is 1. The van der Waals surface area contributed by atoms with Crippen molar-refractivity contribution in [3.63, 3.8) is 0 Å². The van der Waals surface area contributed by atoms with Crippen molar-refractivity contribution in [3.8, 4) is 11.5 Å². The standard InChI is InChI=1S/C27H34N2O6S2/c1-2-16-29-17-14-27(15-18-29,26(30)28-31)37(32,33)23-11-9-22(10-12-23)34-19-5-20-36-25-13-8-21-6-3-4-7-24(21)35-25/h3-4,6-7,9-13,31H,2,5,8,14-20H2,1H3,(H,28,30). The zero-order valence-electron chi connectivity index (χ0n) is 21.0. The summed E-state index contributed by atoms with van der Waals surface area (Å²) in [7, 11) is -4.03. The summed E-state index contributed by atoms with van der Waals surface area (Å²) in [5.74, 6) is 1.42. The van der Waals surface area contributed by atoms with Gasteiger partial charge in [0.25, 0.3) is 5.91 Å². The van der Waals surface area contributed by atoms with Crippen LogP contribution in [0.5, 0.6) is 11.5 Å². The number of fused-ring (bicyclic) bond motifs is 1. The number of piperidine rings is 1. The number of nitrogens with one attached hydrogen (secondary N) is 1. The lowest BCUT2D eigenvalue weighted by Crippen LogP contribution is -2.57. The Hall–Kier alpha value is -2.53. The van der Waals surface area contributed by atoms with Crippen LogP contribution in [-0.2, 0) is 21.1 Å². The maximum atomic E-state index is 13.6. The zero-order valence-corrected chi connectivity index (χ0v) is 22.7. The van der Waals surface area contributed by atoms with Crippen LogP contribution in [0.3, 0.4) is 0 Å². The van der Waals surface area contributed by atoms with Gasteiger partial charge in [-0.1, -0.05) is 36.9 Å². The van der Waals surface area contributed by atoms with E-state index < -0.39 is 20.5 Å². The number of hydroxylamine groups is 1. The highest BCUT2D eigenvalue weighted by Gasteiger charge is 2.52. The van der Waals surface area contributed by atoms with Crippen molar-refractivity contribution >= 4 is 27.5 Å². The van der Waals surface area contributed by atoms with Gasteiger partial charge in [0.1, 0.15) is 11.5 Å². The fourth-order valence-corrected chi connectivity index (χ4v) is 7.51. The molecule has 2 aliphatic heterocycles. The van der Waals surface area contributed by atoms with Crippen LogP contribution in [0.25, 0.3) is 0 Å². The Morgan fingerprint density at radius 2 is 1.89 bits per heavy atom. The number of benzene rings is 2. The van der Waals surface area contributed by atoms with Crippen LogP contribution in [0.1, 0.15) is 38.2 Å². The number of thioether (sulfide) groups is 1. The Balaban J connectivity index is 1.30. The lowest BCUT2D eigenvalue weighted by atomic mass is 9.95. The molecule has 200 valence electrons. The Morgan fingerprint density at radius 1 is 1.16 bits per heavy atom. The number of hydrogen-bond donors (Lipinski definition) is 2. The van der Waals surface area contributed by atoms with Crippen molar-refractivity contribution in [1.82, 2.24) is 10.4 Å². The van der Waals surface area contributed by atoms with Gasteiger partial charge in [0.05, 0.1) is 11.5 Å². The summed E-state index contributed by atoms with van der Waals surface area (Å²) in [6.07, 6.45) is 4.95. The number of ether oxygens (including phenoxy) is 2. The largest absolute Gasteiger partial charge is 0.494 e. The molecule has 0 aliphatic carbocycles. The van der Waals surface area contributed by atoms with E-state index in [1.54, 1.807) is 29.4 Å². The predicted molar refractivity (Wildman–Crippen MR) is 144 cm³/mol. The van der Waals surface area contributed by atoms with Gasteiger partial charge in [-0.15, -0.1) is 0 Å². The average molecular weight is 547 g/mol. The first-order valence-electron chi connectivity index (χ1n) is 12.6. The maximum Gasteiger partial charge on any atom is 0.265 e. The molecule has 8 nitrogen and oxygen atoms in total. The van der Waals surface area contributed by atoms with E-state index in [2.05, 4.69) is 24.0 Å². The van der Waals surface area contributed by atoms with Crippen molar-refractivity contribution in [2.24, 2.45) is 0 Å². The highest BCUT2D eigenvalue weighted by molar-refractivity contribution is 8.02. The summed E-state index contributed by atoms with van der Waals surface area (Å²) in [6, 6.07) is 14.2. The lowest BCUT2D eigenvalue weighted by Gasteiger charge is -2.39. The van der Waals surface area contributed by atoms with Gasteiger partial charge in [-0.2, -0.15) is 0 Å². The summed E-state index contributed by atoms with van der Waals surface area (Å²) in [6.45, 7) is 4.35. The van der Waals surface area contributed by atoms with Gasteiger partial charge in [0.2, 0.25) is 0 Å². The Bertz CT molecular complexity index is 1210. The van der Waals surface area contributed by atoms with Crippen molar-refractivity contribution in [3.05, 3.63) is 65.3 Å². The minimum Gasteiger partial charge on any atom is -0.494 e. The molecule has 2 aromatic rings. The average Bonchev–Trinajstić information content (AvgIpc) is 2.93. The van der Waals surface area contributed by atoms with Gasteiger partial charge in [-0.05, 0) is 80.6 Å².